The fraction of sp³-hybridized carbons (Fsp3) is 0.438. The Labute approximate surface area is 129 Å². The first-order valence-electron chi connectivity index (χ1n) is 7.28. The van der Waals surface area contributed by atoms with Crippen LogP contribution in [0.2, 0.25) is 0 Å². The molecule has 0 aliphatic heterocycles. The highest BCUT2D eigenvalue weighted by atomic mass is 16.5. The van der Waals surface area contributed by atoms with Gasteiger partial charge in [-0.1, -0.05) is 22.9 Å². The molecule has 22 heavy (non-hydrogen) atoms. The lowest BCUT2D eigenvalue weighted by Crippen LogP contribution is -2.26. The largest absolute Gasteiger partial charge is 0.496 e. The van der Waals surface area contributed by atoms with E-state index in [9.17, 15) is 4.79 Å². The minimum Gasteiger partial charge on any atom is -0.496 e. The van der Waals surface area contributed by atoms with Crippen molar-refractivity contribution in [3.05, 3.63) is 41.0 Å². The van der Waals surface area contributed by atoms with Crippen molar-refractivity contribution in [3.8, 4) is 5.75 Å². The van der Waals surface area contributed by atoms with E-state index >= 15 is 0 Å². The lowest BCUT2D eigenvalue weighted by molar-refractivity contribution is -0.121. The van der Waals surface area contributed by atoms with Crippen molar-refractivity contribution in [1.82, 2.24) is 15.5 Å². The van der Waals surface area contributed by atoms with Crippen molar-refractivity contribution in [1.29, 1.82) is 0 Å². The summed E-state index contributed by atoms with van der Waals surface area (Å²) in [5.41, 5.74) is 2.27. The second-order valence-electron chi connectivity index (χ2n) is 5.15. The third-order valence-electron chi connectivity index (χ3n) is 3.29. The Morgan fingerprint density at radius 1 is 1.32 bits per heavy atom. The molecular weight excluding hydrogens is 282 g/mol. The fourth-order valence-electron chi connectivity index (χ4n) is 2.19. The SMILES string of the molecule is COc1ccc(C)cc1CCNC(=O)CCc1nc(C)no1. The number of carbonyl (C=O) groups excluding carboxylic acids is 1. The number of amides is 1. The van der Waals surface area contributed by atoms with Crippen molar-refractivity contribution < 1.29 is 14.1 Å². The number of methoxy groups -OCH3 is 1. The van der Waals surface area contributed by atoms with Crippen molar-refractivity contribution in [2.24, 2.45) is 0 Å². The molecule has 1 aromatic heterocycles. The van der Waals surface area contributed by atoms with E-state index in [0.29, 0.717) is 31.1 Å². The van der Waals surface area contributed by atoms with Gasteiger partial charge in [-0.3, -0.25) is 4.79 Å². The minimum absolute atomic E-state index is 0.0255. The number of carbonyl (C=O) groups is 1. The van der Waals surface area contributed by atoms with E-state index in [1.54, 1.807) is 14.0 Å². The van der Waals surface area contributed by atoms with Crippen LogP contribution in [-0.4, -0.2) is 29.7 Å². The van der Waals surface area contributed by atoms with Crippen molar-refractivity contribution in [2.75, 3.05) is 13.7 Å². The van der Waals surface area contributed by atoms with Crippen LogP contribution in [0.4, 0.5) is 0 Å². The number of aryl methyl sites for hydroxylation is 3. The fourth-order valence-corrected chi connectivity index (χ4v) is 2.19. The monoisotopic (exact) mass is 303 g/mol. The number of ether oxygens (including phenoxy) is 1. The molecule has 1 N–H and O–H groups in total. The van der Waals surface area contributed by atoms with Gasteiger partial charge in [0.25, 0.3) is 0 Å². The molecule has 0 saturated carbocycles. The van der Waals surface area contributed by atoms with E-state index < -0.39 is 0 Å². The van der Waals surface area contributed by atoms with Crippen LogP contribution in [0, 0.1) is 13.8 Å². The lowest BCUT2D eigenvalue weighted by Gasteiger charge is -2.10. The van der Waals surface area contributed by atoms with E-state index in [1.165, 1.54) is 5.56 Å². The summed E-state index contributed by atoms with van der Waals surface area (Å²) in [4.78, 5) is 15.9. The van der Waals surface area contributed by atoms with Gasteiger partial charge in [-0.05, 0) is 31.9 Å². The van der Waals surface area contributed by atoms with Crippen molar-refractivity contribution in [3.63, 3.8) is 0 Å². The molecule has 0 saturated heterocycles. The first kappa shape index (κ1) is 16.0. The zero-order valence-corrected chi connectivity index (χ0v) is 13.2. The number of hydrogen-bond acceptors (Lipinski definition) is 5. The van der Waals surface area contributed by atoms with Gasteiger partial charge in [-0.2, -0.15) is 4.98 Å². The maximum Gasteiger partial charge on any atom is 0.227 e. The van der Waals surface area contributed by atoms with Gasteiger partial charge in [0.1, 0.15) is 5.75 Å². The van der Waals surface area contributed by atoms with Crippen LogP contribution in [0.15, 0.2) is 22.7 Å². The molecule has 0 bridgehead atoms. The third kappa shape index (κ3) is 4.58. The van der Waals surface area contributed by atoms with Gasteiger partial charge in [-0.25, -0.2) is 0 Å². The highest BCUT2D eigenvalue weighted by Crippen LogP contribution is 2.19. The van der Waals surface area contributed by atoms with E-state index in [1.807, 2.05) is 19.1 Å². The number of nitrogens with zero attached hydrogens (tertiary/aromatic N) is 2. The van der Waals surface area contributed by atoms with Crippen molar-refractivity contribution in [2.45, 2.75) is 33.1 Å². The summed E-state index contributed by atoms with van der Waals surface area (Å²) in [5, 5.41) is 6.59. The van der Waals surface area contributed by atoms with Gasteiger partial charge in [-0.15, -0.1) is 0 Å². The van der Waals surface area contributed by atoms with Gasteiger partial charge in [0, 0.05) is 19.4 Å². The van der Waals surface area contributed by atoms with Crippen LogP contribution in [0.1, 0.15) is 29.3 Å². The van der Waals surface area contributed by atoms with Crippen LogP contribution >= 0.6 is 0 Å². The van der Waals surface area contributed by atoms with E-state index in [-0.39, 0.29) is 5.91 Å². The predicted molar refractivity (Wildman–Crippen MR) is 81.8 cm³/mol. The molecule has 0 unspecified atom stereocenters. The highest BCUT2D eigenvalue weighted by molar-refractivity contribution is 5.76. The summed E-state index contributed by atoms with van der Waals surface area (Å²) < 4.78 is 10.3. The van der Waals surface area contributed by atoms with Crippen LogP contribution in [0.25, 0.3) is 0 Å². The molecule has 6 nitrogen and oxygen atoms in total. The predicted octanol–water partition coefficient (Wildman–Crippen LogP) is 1.99. The number of rotatable bonds is 7. The van der Waals surface area contributed by atoms with Gasteiger partial charge in [0.15, 0.2) is 5.82 Å². The van der Waals surface area contributed by atoms with Crippen molar-refractivity contribution >= 4 is 5.91 Å². The normalized spacial score (nSPS) is 10.5. The molecule has 0 radical (unpaired) electrons. The molecule has 0 aliphatic rings. The van der Waals surface area contributed by atoms with Crippen LogP contribution in [0.5, 0.6) is 5.75 Å². The smallest absolute Gasteiger partial charge is 0.227 e. The van der Waals surface area contributed by atoms with E-state index in [0.717, 1.165) is 17.7 Å². The summed E-state index contributed by atoms with van der Waals surface area (Å²) in [7, 11) is 1.65. The molecule has 1 heterocycles. The average molecular weight is 303 g/mol. The number of benzene rings is 1. The zero-order valence-electron chi connectivity index (χ0n) is 13.2. The second-order valence-corrected chi connectivity index (χ2v) is 5.15. The summed E-state index contributed by atoms with van der Waals surface area (Å²) in [6.07, 6.45) is 1.53. The molecule has 1 amide bonds. The number of hydrogen-bond donors (Lipinski definition) is 1. The summed E-state index contributed by atoms with van der Waals surface area (Å²) in [5.74, 6) is 1.90. The standard InChI is InChI=1S/C16H21N3O3/c1-11-4-5-14(21-3)13(10-11)8-9-17-15(20)6-7-16-18-12(2)19-22-16/h4-5,10H,6-9H2,1-3H3,(H,17,20). The topological polar surface area (TPSA) is 77.2 Å². The first-order chi connectivity index (χ1) is 10.6. The summed E-state index contributed by atoms with van der Waals surface area (Å²) in [6, 6.07) is 6.03. The lowest BCUT2D eigenvalue weighted by atomic mass is 10.1. The average Bonchev–Trinajstić information content (AvgIpc) is 2.91. The van der Waals surface area contributed by atoms with E-state index in [2.05, 4.69) is 21.5 Å². The van der Waals surface area contributed by atoms with Gasteiger partial charge in [0.05, 0.1) is 7.11 Å². The van der Waals surface area contributed by atoms with Gasteiger partial charge in [0.2, 0.25) is 11.8 Å². The highest BCUT2D eigenvalue weighted by Gasteiger charge is 2.08. The molecule has 2 aromatic rings. The molecule has 118 valence electrons. The molecule has 0 spiro atoms. The molecule has 0 fully saturated rings. The zero-order chi connectivity index (χ0) is 15.9. The van der Waals surface area contributed by atoms with Crippen LogP contribution in [0.3, 0.4) is 0 Å². The Kier molecular flexibility index (Phi) is 5.52. The quantitative estimate of drug-likeness (QED) is 0.846. The van der Waals surface area contributed by atoms with Crippen LogP contribution < -0.4 is 10.1 Å². The Bertz CT molecular complexity index is 637. The molecule has 2 rings (SSSR count). The molecule has 1 aromatic carbocycles. The molecule has 0 atom stereocenters. The van der Waals surface area contributed by atoms with Crippen LogP contribution in [-0.2, 0) is 17.6 Å². The molecular formula is C16H21N3O3. The number of nitrogens with one attached hydrogen (secondary N) is 1. The maximum absolute atomic E-state index is 11.8. The third-order valence-corrected chi connectivity index (χ3v) is 3.29. The number of aromatic nitrogens is 2. The molecule has 0 aliphatic carbocycles. The summed E-state index contributed by atoms with van der Waals surface area (Å²) in [6.45, 7) is 4.36. The molecule has 6 heteroatoms. The Morgan fingerprint density at radius 2 is 2.14 bits per heavy atom. The van der Waals surface area contributed by atoms with Gasteiger partial charge >= 0.3 is 0 Å². The Balaban J connectivity index is 1.76. The summed E-state index contributed by atoms with van der Waals surface area (Å²) >= 11 is 0. The first-order valence-corrected chi connectivity index (χ1v) is 7.28. The Morgan fingerprint density at radius 3 is 2.82 bits per heavy atom. The second kappa shape index (κ2) is 7.59. The maximum atomic E-state index is 11.8. The van der Waals surface area contributed by atoms with E-state index in [4.69, 9.17) is 9.26 Å². The van der Waals surface area contributed by atoms with Gasteiger partial charge < -0.3 is 14.6 Å². The minimum atomic E-state index is -0.0255. The Hall–Kier alpha value is -2.37.